The molecule has 8 heteroatoms. The van der Waals surface area contributed by atoms with Gasteiger partial charge in [-0.2, -0.15) is 17.5 Å². The molecule has 0 amide bonds. The maximum Gasteiger partial charge on any atom is 0.393 e. The number of phenolic OH excluding ortho intramolecular Hbond substituents is 1. The molecule has 0 radical (unpaired) electrons. The monoisotopic (exact) mass is 323 g/mol. The summed E-state index contributed by atoms with van der Waals surface area (Å²) >= 11 is 0. The smallest absolute Gasteiger partial charge is 0.393 e. The number of phenols is 1. The Bertz CT molecular complexity index is 608. The van der Waals surface area contributed by atoms with E-state index >= 15 is 0 Å². The summed E-state index contributed by atoms with van der Waals surface area (Å²) < 4.78 is 64.0. The Kier molecular flexibility index (Phi) is 4.21. The molecule has 1 heterocycles. The number of halogens is 3. The molecule has 0 aliphatic carbocycles. The Morgan fingerprint density at radius 1 is 1.29 bits per heavy atom. The van der Waals surface area contributed by atoms with Crippen LogP contribution in [0.1, 0.15) is 18.4 Å². The van der Waals surface area contributed by atoms with Crippen molar-refractivity contribution in [1.82, 2.24) is 4.31 Å². The number of hydrogen-bond donors (Lipinski definition) is 1. The highest BCUT2D eigenvalue weighted by Gasteiger charge is 2.44. The predicted octanol–water partition coefficient (Wildman–Crippen LogP) is 2.66. The van der Waals surface area contributed by atoms with Crippen molar-refractivity contribution >= 4 is 10.0 Å². The van der Waals surface area contributed by atoms with Gasteiger partial charge in [-0.3, -0.25) is 0 Å². The fourth-order valence-electron chi connectivity index (χ4n) is 2.45. The van der Waals surface area contributed by atoms with Crippen molar-refractivity contribution < 1.29 is 26.7 Å². The maximum atomic E-state index is 12.8. The first kappa shape index (κ1) is 16.1. The van der Waals surface area contributed by atoms with Gasteiger partial charge >= 0.3 is 6.18 Å². The zero-order chi connectivity index (χ0) is 15.8. The summed E-state index contributed by atoms with van der Waals surface area (Å²) in [7, 11) is -4.03. The van der Waals surface area contributed by atoms with E-state index in [9.17, 15) is 26.7 Å². The van der Waals surface area contributed by atoms with Gasteiger partial charge in [0.05, 0.1) is 10.8 Å². The van der Waals surface area contributed by atoms with E-state index in [0.29, 0.717) is 5.56 Å². The van der Waals surface area contributed by atoms with Crippen LogP contribution >= 0.6 is 0 Å². The molecule has 1 unspecified atom stereocenters. The van der Waals surface area contributed by atoms with Crippen LogP contribution in [0.5, 0.6) is 5.75 Å². The molecule has 0 aromatic heterocycles. The summed E-state index contributed by atoms with van der Waals surface area (Å²) in [5.41, 5.74) is 0.526. The third kappa shape index (κ3) is 3.49. The zero-order valence-electron chi connectivity index (χ0n) is 11.4. The normalized spacial score (nSPS) is 21.4. The molecule has 2 rings (SSSR count). The lowest BCUT2D eigenvalue weighted by atomic mass is 9.99. The number of benzene rings is 1. The average molecular weight is 323 g/mol. The summed E-state index contributed by atoms with van der Waals surface area (Å²) in [6, 6.07) is 3.78. The van der Waals surface area contributed by atoms with Gasteiger partial charge in [0.1, 0.15) is 5.75 Å². The Labute approximate surface area is 121 Å². The molecule has 1 atom stereocenters. The standard InChI is InChI=1S/C13H16F3NO3S/c1-9-5-11(18)7-12(6-9)21(19,20)17-4-2-3-10(8-17)13(14,15)16/h5-7,10,18H,2-4,8H2,1H3. The SMILES string of the molecule is Cc1cc(O)cc(S(=O)(=O)N2CCCC(C(F)(F)F)C2)c1. The highest BCUT2D eigenvalue weighted by molar-refractivity contribution is 7.89. The topological polar surface area (TPSA) is 57.6 Å². The van der Waals surface area contributed by atoms with Gasteiger partial charge in [-0.05, 0) is 43.5 Å². The van der Waals surface area contributed by atoms with E-state index in [0.717, 1.165) is 10.4 Å². The van der Waals surface area contributed by atoms with E-state index in [2.05, 4.69) is 0 Å². The van der Waals surface area contributed by atoms with Crippen molar-refractivity contribution in [1.29, 1.82) is 0 Å². The van der Waals surface area contributed by atoms with Gasteiger partial charge in [0.15, 0.2) is 0 Å². The van der Waals surface area contributed by atoms with E-state index in [1.807, 2.05) is 0 Å². The minimum atomic E-state index is -4.40. The largest absolute Gasteiger partial charge is 0.508 e. The number of rotatable bonds is 2. The highest BCUT2D eigenvalue weighted by Crippen LogP contribution is 2.35. The van der Waals surface area contributed by atoms with E-state index < -0.39 is 28.7 Å². The third-order valence-corrected chi connectivity index (χ3v) is 5.36. The van der Waals surface area contributed by atoms with Gasteiger partial charge in [-0.1, -0.05) is 0 Å². The van der Waals surface area contributed by atoms with E-state index in [1.165, 1.54) is 12.1 Å². The predicted molar refractivity (Wildman–Crippen MR) is 70.4 cm³/mol. The quantitative estimate of drug-likeness (QED) is 0.910. The fourth-order valence-corrected chi connectivity index (χ4v) is 4.10. The molecular formula is C13H16F3NO3S. The van der Waals surface area contributed by atoms with Crippen LogP contribution in [0.3, 0.4) is 0 Å². The summed E-state index contributed by atoms with van der Waals surface area (Å²) in [5, 5.41) is 9.47. The molecule has 4 nitrogen and oxygen atoms in total. The molecule has 118 valence electrons. The number of sulfonamides is 1. The first-order valence-corrected chi connectivity index (χ1v) is 7.92. The highest BCUT2D eigenvalue weighted by atomic mass is 32.2. The van der Waals surface area contributed by atoms with Crippen LogP contribution in [0.15, 0.2) is 23.1 Å². The molecule has 1 aromatic carbocycles. The molecular weight excluding hydrogens is 307 g/mol. The summed E-state index contributed by atoms with van der Waals surface area (Å²) in [5.74, 6) is -1.86. The number of hydrogen-bond acceptors (Lipinski definition) is 3. The van der Waals surface area contributed by atoms with Crippen molar-refractivity contribution in [2.75, 3.05) is 13.1 Å². The van der Waals surface area contributed by atoms with Gasteiger partial charge in [-0.25, -0.2) is 8.42 Å². The van der Waals surface area contributed by atoms with E-state index in [4.69, 9.17) is 0 Å². The number of aromatic hydroxyl groups is 1. The lowest BCUT2D eigenvalue weighted by Gasteiger charge is -2.32. The molecule has 0 saturated carbocycles. The third-order valence-electron chi connectivity index (χ3n) is 3.52. The van der Waals surface area contributed by atoms with Gasteiger partial charge in [0.2, 0.25) is 10.0 Å². The zero-order valence-corrected chi connectivity index (χ0v) is 12.2. The summed E-state index contributed by atoms with van der Waals surface area (Å²) in [6.45, 7) is 1.09. The lowest BCUT2D eigenvalue weighted by Crippen LogP contribution is -2.44. The fraction of sp³-hybridized carbons (Fsp3) is 0.538. The Balaban J connectivity index is 2.31. The summed E-state index contributed by atoms with van der Waals surface area (Å²) in [6.07, 6.45) is -4.29. The molecule has 1 saturated heterocycles. The van der Waals surface area contributed by atoms with Crippen molar-refractivity contribution in [3.8, 4) is 5.75 Å². The molecule has 0 spiro atoms. The lowest BCUT2D eigenvalue weighted by molar-refractivity contribution is -0.182. The first-order chi connectivity index (χ1) is 9.60. The average Bonchev–Trinajstić information content (AvgIpc) is 2.36. The molecule has 1 aromatic rings. The second kappa shape index (κ2) is 5.49. The molecule has 1 fully saturated rings. The van der Waals surface area contributed by atoms with Crippen LogP contribution in [-0.2, 0) is 10.0 Å². The Morgan fingerprint density at radius 2 is 1.95 bits per heavy atom. The first-order valence-electron chi connectivity index (χ1n) is 6.48. The second-order valence-corrected chi connectivity index (χ2v) is 7.19. The number of piperidine rings is 1. The molecule has 0 bridgehead atoms. The van der Waals surface area contributed by atoms with Crippen LogP contribution in [0.2, 0.25) is 0 Å². The Hall–Kier alpha value is -1.28. The van der Waals surface area contributed by atoms with Gasteiger partial charge < -0.3 is 5.11 Å². The maximum absolute atomic E-state index is 12.8. The van der Waals surface area contributed by atoms with Gasteiger partial charge in [0, 0.05) is 13.1 Å². The molecule has 21 heavy (non-hydrogen) atoms. The van der Waals surface area contributed by atoms with Crippen molar-refractivity contribution in [3.05, 3.63) is 23.8 Å². The van der Waals surface area contributed by atoms with Crippen LogP contribution in [0.25, 0.3) is 0 Å². The second-order valence-electron chi connectivity index (χ2n) is 5.25. The van der Waals surface area contributed by atoms with Crippen LogP contribution < -0.4 is 0 Å². The van der Waals surface area contributed by atoms with E-state index in [-0.39, 0.29) is 30.0 Å². The van der Waals surface area contributed by atoms with Crippen LogP contribution in [-0.4, -0.2) is 37.1 Å². The van der Waals surface area contributed by atoms with Crippen LogP contribution in [0.4, 0.5) is 13.2 Å². The summed E-state index contributed by atoms with van der Waals surface area (Å²) in [4.78, 5) is -0.178. The molecule has 1 aliphatic heterocycles. The minimum Gasteiger partial charge on any atom is -0.508 e. The number of alkyl halides is 3. The van der Waals surface area contributed by atoms with Crippen molar-refractivity contribution in [2.24, 2.45) is 5.92 Å². The van der Waals surface area contributed by atoms with Crippen molar-refractivity contribution in [3.63, 3.8) is 0 Å². The molecule has 1 N–H and O–H groups in total. The van der Waals surface area contributed by atoms with Gasteiger partial charge in [-0.15, -0.1) is 0 Å². The minimum absolute atomic E-state index is 0.0591. The Morgan fingerprint density at radius 3 is 2.52 bits per heavy atom. The van der Waals surface area contributed by atoms with Gasteiger partial charge in [0.25, 0.3) is 0 Å². The number of aryl methyl sites for hydroxylation is 1. The molecule has 1 aliphatic rings. The van der Waals surface area contributed by atoms with Crippen LogP contribution in [0, 0.1) is 12.8 Å². The number of nitrogens with zero attached hydrogens (tertiary/aromatic N) is 1. The van der Waals surface area contributed by atoms with Crippen molar-refractivity contribution in [2.45, 2.75) is 30.8 Å². The van der Waals surface area contributed by atoms with E-state index in [1.54, 1.807) is 6.92 Å².